The van der Waals surface area contributed by atoms with Crippen LogP contribution in [0.1, 0.15) is 46.5 Å². The van der Waals surface area contributed by atoms with E-state index in [4.69, 9.17) is 0 Å². The van der Waals surface area contributed by atoms with E-state index in [0.717, 1.165) is 25.2 Å². The maximum Gasteiger partial charge on any atom is 0.108 e. The van der Waals surface area contributed by atoms with Gasteiger partial charge >= 0.3 is 0 Å². The Morgan fingerprint density at radius 3 is 2.53 bits per heavy atom. The maximum absolute atomic E-state index is 9.27. The minimum atomic E-state index is -0.281. The molecule has 3 heteroatoms. The van der Waals surface area contributed by atoms with E-state index in [1.54, 1.807) is 0 Å². The van der Waals surface area contributed by atoms with E-state index >= 15 is 0 Å². The molecule has 3 atom stereocenters. The summed E-state index contributed by atoms with van der Waals surface area (Å²) in [6.07, 6.45) is 4.29. The quantitative estimate of drug-likeness (QED) is 0.798. The molecule has 0 aromatic rings. The van der Waals surface area contributed by atoms with Crippen LogP contribution in [0.4, 0.5) is 0 Å². The SMILES string of the molecule is CNC1(C#N)CCC(N(C)C(C)CC(C)C)C1. The lowest BCUT2D eigenvalue weighted by Crippen LogP contribution is -2.43. The van der Waals surface area contributed by atoms with Gasteiger partial charge in [-0.05, 0) is 52.6 Å². The molecule has 0 aromatic heterocycles. The van der Waals surface area contributed by atoms with Gasteiger partial charge < -0.3 is 10.2 Å². The van der Waals surface area contributed by atoms with E-state index < -0.39 is 0 Å². The largest absolute Gasteiger partial charge is 0.302 e. The van der Waals surface area contributed by atoms with Crippen molar-refractivity contribution in [1.82, 2.24) is 10.2 Å². The molecule has 0 aliphatic heterocycles. The molecule has 1 N–H and O–H groups in total. The Labute approximate surface area is 106 Å². The Morgan fingerprint density at radius 2 is 2.12 bits per heavy atom. The Bertz CT molecular complexity index is 282. The Kier molecular flexibility index (Phi) is 4.97. The molecule has 1 rings (SSSR count). The van der Waals surface area contributed by atoms with Gasteiger partial charge in [0.15, 0.2) is 0 Å². The molecule has 17 heavy (non-hydrogen) atoms. The lowest BCUT2D eigenvalue weighted by molar-refractivity contribution is 0.162. The molecule has 1 aliphatic rings. The number of nitrogens with zero attached hydrogens (tertiary/aromatic N) is 2. The Hall–Kier alpha value is -0.590. The lowest BCUT2D eigenvalue weighted by Gasteiger charge is -2.32. The summed E-state index contributed by atoms with van der Waals surface area (Å²) in [5.41, 5.74) is -0.281. The molecule has 3 unspecified atom stereocenters. The third kappa shape index (κ3) is 3.43. The fraction of sp³-hybridized carbons (Fsp3) is 0.929. The first kappa shape index (κ1) is 14.5. The summed E-state index contributed by atoms with van der Waals surface area (Å²) in [7, 11) is 4.12. The first-order valence-corrected chi connectivity index (χ1v) is 6.76. The molecule has 0 bridgehead atoms. The minimum Gasteiger partial charge on any atom is -0.302 e. The van der Waals surface area contributed by atoms with Crippen LogP contribution in [0.5, 0.6) is 0 Å². The number of hydrogen-bond acceptors (Lipinski definition) is 3. The number of hydrogen-bond donors (Lipinski definition) is 1. The highest BCUT2D eigenvalue weighted by molar-refractivity contribution is 5.12. The summed E-state index contributed by atoms with van der Waals surface area (Å²) in [6, 6.07) is 3.61. The summed E-state index contributed by atoms with van der Waals surface area (Å²) < 4.78 is 0. The van der Waals surface area contributed by atoms with Gasteiger partial charge in [0.2, 0.25) is 0 Å². The average Bonchev–Trinajstić information content (AvgIpc) is 2.72. The second-order valence-electron chi connectivity index (χ2n) is 5.98. The number of rotatable bonds is 5. The van der Waals surface area contributed by atoms with E-state index in [9.17, 15) is 5.26 Å². The van der Waals surface area contributed by atoms with Crippen molar-refractivity contribution in [1.29, 1.82) is 5.26 Å². The topological polar surface area (TPSA) is 39.1 Å². The van der Waals surface area contributed by atoms with Crippen molar-refractivity contribution < 1.29 is 0 Å². The fourth-order valence-corrected chi connectivity index (χ4v) is 2.96. The van der Waals surface area contributed by atoms with Crippen LogP contribution in [0.2, 0.25) is 0 Å². The van der Waals surface area contributed by atoms with Gasteiger partial charge in [0.05, 0.1) is 6.07 Å². The smallest absolute Gasteiger partial charge is 0.108 e. The molecule has 0 radical (unpaired) electrons. The molecular formula is C14H27N3. The maximum atomic E-state index is 9.27. The van der Waals surface area contributed by atoms with E-state index in [0.29, 0.717) is 12.1 Å². The van der Waals surface area contributed by atoms with Gasteiger partial charge in [0.25, 0.3) is 0 Å². The van der Waals surface area contributed by atoms with Crippen LogP contribution in [-0.4, -0.2) is 36.6 Å². The molecule has 0 aromatic carbocycles. The van der Waals surface area contributed by atoms with Crippen molar-refractivity contribution in [3.8, 4) is 6.07 Å². The molecule has 3 nitrogen and oxygen atoms in total. The van der Waals surface area contributed by atoms with Crippen LogP contribution < -0.4 is 5.32 Å². The standard InChI is InChI=1S/C14H27N3/c1-11(2)8-12(3)17(5)13-6-7-14(9-13,10-15)16-4/h11-13,16H,6-9H2,1-5H3. The highest BCUT2D eigenvalue weighted by Crippen LogP contribution is 2.33. The van der Waals surface area contributed by atoms with Crippen molar-refractivity contribution >= 4 is 0 Å². The summed E-state index contributed by atoms with van der Waals surface area (Å²) >= 11 is 0. The first-order valence-electron chi connectivity index (χ1n) is 6.76. The zero-order valence-electron chi connectivity index (χ0n) is 12.0. The van der Waals surface area contributed by atoms with Crippen molar-refractivity contribution in [3.63, 3.8) is 0 Å². The van der Waals surface area contributed by atoms with Crippen LogP contribution >= 0.6 is 0 Å². The van der Waals surface area contributed by atoms with Crippen LogP contribution in [0.3, 0.4) is 0 Å². The molecule has 1 aliphatic carbocycles. The normalized spacial score (nSPS) is 30.8. The Balaban J connectivity index is 2.56. The summed E-state index contributed by atoms with van der Waals surface area (Å²) in [6.45, 7) is 6.84. The molecule has 1 saturated carbocycles. The summed E-state index contributed by atoms with van der Waals surface area (Å²) in [5, 5.41) is 12.5. The molecule has 0 saturated heterocycles. The molecule has 98 valence electrons. The highest BCUT2D eigenvalue weighted by atomic mass is 15.2. The van der Waals surface area contributed by atoms with Gasteiger partial charge in [-0.25, -0.2) is 0 Å². The third-order valence-corrected chi connectivity index (χ3v) is 4.26. The number of nitriles is 1. The fourth-order valence-electron chi connectivity index (χ4n) is 2.96. The van der Waals surface area contributed by atoms with Crippen molar-refractivity contribution in [3.05, 3.63) is 0 Å². The van der Waals surface area contributed by atoms with Gasteiger partial charge in [0, 0.05) is 12.1 Å². The van der Waals surface area contributed by atoms with Gasteiger partial charge in [-0.15, -0.1) is 0 Å². The predicted octanol–water partition coefficient (Wildman–Crippen LogP) is 2.39. The van der Waals surface area contributed by atoms with Crippen molar-refractivity contribution in [2.24, 2.45) is 5.92 Å². The predicted molar refractivity (Wildman–Crippen MR) is 71.7 cm³/mol. The van der Waals surface area contributed by atoms with Crippen molar-refractivity contribution in [2.45, 2.75) is 64.1 Å². The summed E-state index contributed by atoms with van der Waals surface area (Å²) in [5.74, 6) is 0.735. The monoisotopic (exact) mass is 237 g/mol. The minimum absolute atomic E-state index is 0.281. The molecule has 0 heterocycles. The molecule has 0 spiro atoms. The van der Waals surface area contributed by atoms with E-state index in [-0.39, 0.29) is 5.54 Å². The van der Waals surface area contributed by atoms with Crippen molar-refractivity contribution in [2.75, 3.05) is 14.1 Å². The zero-order chi connectivity index (χ0) is 13.1. The van der Waals surface area contributed by atoms with Gasteiger partial charge in [-0.2, -0.15) is 5.26 Å². The first-order chi connectivity index (χ1) is 7.94. The van der Waals surface area contributed by atoms with Crippen LogP contribution in [0.15, 0.2) is 0 Å². The van der Waals surface area contributed by atoms with E-state index in [1.807, 2.05) is 7.05 Å². The van der Waals surface area contributed by atoms with Gasteiger partial charge in [-0.1, -0.05) is 13.8 Å². The molecule has 1 fully saturated rings. The average molecular weight is 237 g/mol. The van der Waals surface area contributed by atoms with Crippen LogP contribution in [-0.2, 0) is 0 Å². The summed E-state index contributed by atoms with van der Waals surface area (Å²) in [4.78, 5) is 2.47. The highest BCUT2D eigenvalue weighted by Gasteiger charge is 2.40. The molecular weight excluding hydrogens is 210 g/mol. The Morgan fingerprint density at radius 1 is 1.47 bits per heavy atom. The third-order valence-electron chi connectivity index (χ3n) is 4.26. The zero-order valence-corrected chi connectivity index (χ0v) is 12.0. The second kappa shape index (κ2) is 5.84. The van der Waals surface area contributed by atoms with Crippen LogP contribution in [0.25, 0.3) is 0 Å². The van der Waals surface area contributed by atoms with Gasteiger partial charge in [-0.3, -0.25) is 0 Å². The second-order valence-corrected chi connectivity index (χ2v) is 5.98. The van der Waals surface area contributed by atoms with E-state index in [1.165, 1.54) is 6.42 Å². The van der Waals surface area contributed by atoms with Crippen LogP contribution in [0, 0.1) is 17.2 Å². The van der Waals surface area contributed by atoms with Gasteiger partial charge in [0.1, 0.15) is 5.54 Å². The lowest BCUT2D eigenvalue weighted by atomic mass is 9.98. The van der Waals surface area contributed by atoms with E-state index in [2.05, 4.69) is 44.1 Å². The molecule has 0 amide bonds. The number of nitrogens with one attached hydrogen (secondary N) is 1.